The van der Waals surface area contributed by atoms with Gasteiger partial charge in [0.15, 0.2) is 0 Å². The summed E-state index contributed by atoms with van der Waals surface area (Å²) in [5, 5.41) is 3.90. The lowest BCUT2D eigenvalue weighted by atomic mass is 10.1. The second kappa shape index (κ2) is 6.41. The first-order chi connectivity index (χ1) is 13.2. The number of aromatic nitrogens is 3. The van der Waals surface area contributed by atoms with Crippen LogP contribution in [0.15, 0.2) is 50.4 Å². The molecule has 0 atom stereocenters. The van der Waals surface area contributed by atoms with Crippen molar-refractivity contribution in [2.24, 2.45) is 0 Å². The van der Waals surface area contributed by atoms with Crippen LogP contribution in [0.4, 0.5) is 13.2 Å². The fourth-order valence-electron chi connectivity index (χ4n) is 2.55. The van der Waals surface area contributed by atoms with Gasteiger partial charge in [-0.05, 0) is 31.2 Å². The average molecular weight is 405 g/mol. The zero-order valence-electron chi connectivity index (χ0n) is 14.1. The molecule has 0 amide bonds. The zero-order valence-corrected chi connectivity index (χ0v) is 15.0. The topological polar surface area (TPSA) is 77.5 Å². The van der Waals surface area contributed by atoms with E-state index < -0.39 is 22.9 Å². The Bertz CT molecular complexity index is 1370. The van der Waals surface area contributed by atoms with Crippen molar-refractivity contribution in [2.75, 3.05) is 0 Å². The second-order valence-electron chi connectivity index (χ2n) is 5.89. The summed E-state index contributed by atoms with van der Waals surface area (Å²) in [6.07, 6.45) is -3.03. The molecule has 3 aromatic heterocycles. The maximum Gasteiger partial charge on any atom is 0.416 e. The van der Waals surface area contributed by atoms with Gasteiger partial charge in [0.25, 0.3) is 11.1 Å². The number of nitrogens with zero attached hydrogens (tertiary/aromatic N) is 3. The van der Waals surface area contributed by atoms with E-state index in [1.807, 2.05) is 0 Å². The molecule has 0 aliphatic carbocycles. The molecular weight excluding hydrogens is 395 g/mol. The minimum absolute atomic E-state index is 0.101. The van der Waals surface area contributed by atoms with Gasteiger partial charge in [0.1, 0.15) is 21.7 Å². The minimum atomic E-state index is -4.46. The zero-order chi connectivity index (χ0) is 20.1. The molecule has 0 aliphatic rings. The van der Waals surface area contributed by atoms with E-state index in [9.17, 15) is 22.8 Å². The standard InChI is InChI=1S/C18H10F3N3O3S/c1-9-15(25)22-17-24(23-9)16(26)14(28-17)8-12-5-6-13(27-12)10-3-2-4-11(7-10)18(19,20)21/h2-8H,1H3. The molecule has 0 N–H and O–H groups in total. The van der Waals surface area contributed by atoms with Crippen molar-refractivity contribution < 1.29 is 17.6 Å². The van der Waals surface area contributed by atoms with E-state index in [0.29, 0.717) is 0 Å². The van der Waals surface area contributed by atoms with Crippen LogP contribution in [0.1, 0.15) is 17.0 Å². The van der Waals surface area contributed by atoms with Crippen LogP contribution in [0.3, 0.4) is 0 Å². The number of aryl methyl sites for hydroxylation is 1. The molecule has 6 nitrogen and oxygen atoms in total. The third-order valence-corrected chi connectivity index (χ3v) is 4.88. The molecule has 0 saturated heterocycles. The number of halogens is 3. The van der Waals surface area contributed by atoms with E-state index in [2.05, 4.69) is 10.1 Å². The molecule has 0 saturated carbocycles. The predicted molar refractivity (Wildman–Crippen MR) is 96.1 cm³/mol. The maximum atomic E-state index is 12.9. The van der Waals surface area contributed by atoms with E-state index in [1.165, 1.54) is 37.3 Å². The molecule has 3 heterocycles. The van der Waals surface area contributed by atoms with E-state index in [-0.39, 0.29) is 32.3 Å². The van der Waals surface area contributed by atoms with Gasteiger partial charge < -0.3 is 4.42 Å². The summed E-state index contributed by atoms with van der Waals surface area (Å²) in [6, 6.07) is 7.81. The van der Waals surface area contributed by atoms with Crippen LogP contribution >= 0.6 is 11.3 Å². The Hall–Kier alpha value is -3.27. The number of hydrogen-bond acceptors (Lipinski definition) is 6. The Labute approximate surface area is 158 Å². The van der Waals surface area contributed by atoms with Crippen LogP contribution in [0.2, 0.25) is 0 Å². The van der Waals surface area contributed by atoms with Crippen molar-refractivity contribution in [2.45, 2.75) is 13.1 Å². The maximum absolute atomic E-state index is 12.9. The molecule has 10 heteroatoms. The molecule has 1 aromatic carbocycles. The molecule has 0 aliphatic heterocycles. The SMILES string of the molecule is Cc1nn2c(=O)c(=Cc3ccc(-c4cccc(C(F)(F)F)c4)o3)sc2nc1=O. The smallest absolute Gasteiger partial charge is 0.416 e. The number of benzene rings is 1. The monoisotopic (exact) mass is 405 g/mol. The van der Waals surface area contributed by atoms with Gasteiger partial charge in [-0.2, -0.15) is 27.8 Å². The van der Waals surface area contributed by atoms with Crippen molar-refractivity contribution >= 4 is 22.4 Å². The third kappa shape index (κ3) is 3.22. The molecule has 28 heavy (non-hydrogen) atoms. The minimum Gasteiger partial charge on any atom is -0.457 e. The molecule has 142 valence electrons. The van der Waals surface area contributed by atoms with Crippen molar-refractivity contribution in [3.8, 4) is 11.3 Å². The number of hydrogen-bond donors (Lipinski definition) is 0. The van der Waals surface area contributed by atoms with Gasteiger partial charge in [-0.3, -0.25) is 9.59 Å². The second-order valence-corrected chi connectivity index (χ2v) is 6.90. The first-order valence-corrected chi connectivity index (χ1v) is 8.74. The lowest BCUT2D eigenvalue weighted by Crippen LogP contribution is -2.27. The Morgan fingerprint density at radius 1 is 1.18 bits per heavy atom. The van der Waals surface area contributed by atoms with Crippen LogP contribution in [0, 0.1) is 6.92 Å². The van der Waals surface area contributed by atoms with Gasteiger partial charge in [0.2, 0.25) is 4.96 Å². The van der Waals surface area contributed by atoms with Gasteiger partial charge in [-0.15, -0.1) is 0 Å². The van der Waals surface area contributed by atoms with Crippen molar-refractivity contribution in [3.63, 3.8) is 0 Å². The first-order valence-electron chi connectivity index (χ1n) is 7.92. The molecular formula is C18H10F3N3O3S. The van der Waals surface area contributed by atoms with Crippen LogP contribution in [0.25, 0.3) is 22.4 Å². The fraction of sp³-hybridized carbons (Fsp3) is 0.111. The summed E-state index contributed by atoms with van der Waals surface area (Å²) in [4.78, 5) is 27.9. The normalized spacial score (nSPS) is 12.8. The van der Waals surface area contributed by atoms with Gasteiger partial charge in [0, 0.05) is 11.6 Å². The number of alkyl halides is 3. The Morgan fingerprint density at radius 3 is 2.71 bits per heavy atom. The van der Waals surface area contributed by atoms with Crippen molar-refractivity contribution in [1.82, 2.24) is 14.6 Å². The highest BCUT2D eigenvalue weighted by molar-refractivity contribution is 7.15. The van der Waals surface area contributed by atoms with E-state index in [0.717, 1.165) is 28.0 Å². The van der Waals surface area contributed by atoms with Crippen LogP contribution in [-0.4, -0.2) is 14.6 Å². The molecule has 0 fully saturated rings. The lowest BCUT2D eigenvalue weighted by molar-refractivity contribution is -0.137. The Kier molecular flexibility index (Phi) is 4.15. The summed E-state index contributed by atoms with van der Waals surface area (Å²) in [5.74, 6) is 0.503. The van der Waals surface area contributed by atoms with Gasteiger partial charge in [0.05, 0.1) is 5.56 Å². The predicted octanol–water partition coefficient (Wildman–Crippen LogP) is 2.65. The molecule has 0 unspecified atom stereocenters. The molecule has 0 radical (unpaired) electrons. The highest BCUT2D eigenvalue weighted by Gasteiger charge is 2.30. The number of thiazole rings is 1. The van der Waals surface area contributed by atoms with Crippen LogP contribution < -0.4 is 15.7 Å². The van der Waals surface area contributed by atoms with Gasteiger partial charge in [-0.25, -0.2) is 0 Å². The third-order valence-electron chi connectivity index (χ3n) is 3.92. The first kappa shape index (κ1) is 18.1. The molecule has 0 spiro atoms. The quantitative estimate of drug-likeness (QED) is 0.513. The van der Waals surface area contributed by atoms with Crippen LogP contribution in [0.5, 0.6) is 0 Å². The Morgan fingerprint density at radius 2 is 1.96 bits per heavy atom. The van der Waals surface area contributed by atoms with Crippen molar-refractivity contribution in [3.05, 3.63) is 78.7 Å². The van der Waals surface area contributed by atoms with E-state index in [1.54, 1.807) is 0 Å². The lowest BCUT2D eigenvalue weighted by Gasteiger charge is -2.07. The molecule has 4 rings (SSSR count). The number of rotatable bonds is 2. The van der Waals surface area contributed by atoms with Gasteiger partial charge >= 0.3 is 6.18 Å². The molecule has 4 aromatic rings. The fourth-order valence-corrected chi connectivity index (χ4v) is 3.43. The van der Waals surface area contributed by atoms with E-state index >= 15 is 0 Å². The van der Waals surface area contributed by atoms with Crippen LogP contribution in [-0.2, 0) is 6.18 Å². The largest absolute Gasteiger partial charge is 0.457 e. The summed E-state index contributed by atoms with van der Waals surface area (Å²) in [7, 11) is 0. The number of furan rings is 1. The highest BCUT2D eigenvalue weighted by atomic mass is 32.1. The summed E-state index contributed by atoms with van der Waals surface area (Å²) in [5.41, 5.74) is -1.40. The highest BCUT2D eigenvalue weighted by Crippen LogP contribution is 2.32. The van der Waals surface area contributed by atoms with E-state index in [4.69, 9.17) is 4.42 Å². The molecule has 0 bridgehead atoms. The summed E-state index contributed by atoms with van der Waals surface area (Å²) < 4.78 is 45.5. The summed E-state index contributed by atoms with van der Waals surface area (Å²) >= 11 is 0.965. The van der Waals surface area contributed by atoms with Gasteiger partial charge in [-0.1, -0.05) is 23.5 Å². The summed E-state index contributed by atoms with van der Waals surface area (Å²) in [6.45, 7) is 1.45. The average Bonchev–Trinajstić information content (AvgIpc) is 3.22. The Balaban J connectivity index is 1.77. The number of fused-ring (bicyclic) bond motifs is 1. The van der Waals surface area contributed by atoms with Crippen molar-refractivity contribution in [1.29, 1.82) is 0 Å².